The number of nitriles is 1. The molecule has 1 aliphatic heterocycles. The summed E-state index contributed by atoms with van der Waals surface area (Å²) in [6, 6.07) is 12.2. The number of carbonyl (C=O) groups is 1. The van der Waals surface area contributed by atoms with Crippen LogP contribution in [-0.2, 0) is 5.54 Å². The number of thiazole rings is 1. The number of anilines is 1. The summed E-state index contributed by atoms with van der Waals surface area (Å²) in [5.74, 6) is -0.127. The van der Waals surface area contributed by atoms with Gasteiger partial charge in [0.15, 0.2) is 5.69 Å². The molecule has 3 N–H and O–H groups in total. The third-order valence-corrected chi connectivity index (χ3v) is 8.66. The van der Waals surface area contributed by atoms with Crippen LogP contribution in [0.2, 0.25) is 5.02 Å². The van der Waals surface area contributed by atoms with Gasteiger partial charge >= 0.3 is 6.09 Å². The molecule has 9 nitrogen and oxygen atoms in total. The molecule has 5 aromatic rings. The van der Waals surface area contributed by atoms with Gasteiger partial charge in [-0.3, -0.25) is 0 Å². The number of halogens is 2. The van der Waals surface area contributed by atoms with E-state index in [1.807, 2.05) is 24.0 Å². The SMILES string of the molecule is Cc1nc2ccc(-c3c[nH]c4nc(N5CCC(NC(=O)O)(c6ccccc6F)CC5)nc(C#N)c34)c(Cl)c2s1. The van der Waals surface area contributed by atoms with E-state index in [0.29, 0.717) is 59.1 Å². The summed E-state index contributed by atoms with van der Waals surface area (Å²) in [6.45, 7) is 2.63. The zero-order valence-corrected chi connectivity index (χ0v) is 22.2. The molecule has 196 valence electrons. The molecule has 1 aliphatic rings. The van der Waals surface area contributed by atoms with Gasteiger partial charge in [-0.05, 0) is 31.9 Å². The van der Waals surface area contributed by atoms with Gasteiger partial charge in [0.25, 0.3) is 0 Å². The molecule has 4 heterocycles. The van der Waals surface area contributed by atoms with Gasteiger partial charge in [0.2, 0.25) is 5.95 Å². The number of hydrogen-bond donors (Lipinski definition) is 3. The minimum Gasteiger partial charge on any atom is -0.465 e. The number of aryl methyl sites for hydroxylation is 1. The number of hydrogen-bond acceptors (Lipinski definition) is 7. The lowest BCUT2D eigenvalue weighted by molar-refractivity contribution is 0.166. The lowest BCUT2D eigenvalue weighted by atomic mass is 9.80. The second kappa shape index (κ2) is 9.48. The normalized spacial score (nSPS) is 15.0. The topological polar surface area (TPSA) is 131 Å². The third kappa shape index (κ3) is 4.22. The zero-order chi connectivity index (χ0) is 27.3. The molecule has 0 aliphatic carbocycles. The van der Waals surface area contributed by atoms with Gasteiger partial charge < -0.3 is 20.3 Å². The molecule has 39 heavy (non-hydrogen) atoms. The Morgan fingerprint density at radius 1 is 1.21 bits per heavy atom. The van der Waals surface area contributed by atoms with Gasteiger partial charge in [-0.2, -0.15) is 10.2 Å². The fourth-order valence-electron chi connectivity index (χ4n) is 5.34. The average Bonchev–Trinajstić information content (AvgIpc) is 3.52. The Labute approximate surface area is 230 Å². The predicted molar refractivity (Wildman–Crippen MR) is 148 cm³/mol. The van der Waals surface area contributed by atoms with Crippen LogP contribution in [0.25, 0.3) is 32.4 Å². The minimum absolute atomic E-state index is 0.192. The van der Waals surface area contributed by atoms with E-state index in [0.717, 1.165) is 20.8 Å². The molecule has 0 spiro atoms. The monoisotopic (exact) mass is 561 g/mol. The van der Waals surface area contributed by atoms with E-state index in [9.17, 15) is 19.6 Å². The van der Waals surface area contributed by atoms with E-state index >= 15 is 0 Å². The zero-order valence-electron chi connectivity index (χ0n) is 20.6. The Hall–Kier alpha value is -4.27. The largest absolute Gasteiger partial charge is 0.465 e. The van der Waals surface area contributed by atoms with Crippen molar-refractivity contribution in [3.8, 4) is 17.2 Å². The van der Waals surface area contributed by atoms with Gasteiger partial charge in [-0.1, -0.05) is 35.9 Å². The number of aromatic nitrogens is 4. The number of H-pyrrole nitrogens is 1. The fourth-order valence-corrected chi connectivity index (χ4v) is 6.57. The summed E-state index contributed by atoms with van der Waals surface area (Å²) in [4.78, 5) is 30.4. The van der Waals surface area contributed by atoms with Crippen molar-refractivity contribution in [2.45, 2.75) is 25.3 Å². The van der Waals surface area contributed by atoms with Crippen molar-refractivity contribution in [1.29, 1.82) is 5.26 Å². The number of nitrogens with one attached hydrogen (secondary N) is 2. The molecule has 1 fully saturated rings. The maximum Gasteiger partial charge on any atom is 0.405 e. The van der Waals surface area contributed by atoms with E-state index in [1.165, 1.54) is 17.4 Å². The predicted octanol–water partition coefficient (Wildman–Crippen LogP) is 5.97. The van der Waals surface area contributed by atoms with Crippen molar-refractivity contribution in [3.63, 3.8) is 0 Å². The lowest BCUT2D eigenvalue weighted by Crippen LogP contribution is -2.53. The molecule has 1 amide bonds. The summed E-state index contributed by atoms with van der Waals surface area (Å²) < 4.78 is 15.6. The van der Waals surface area contributed by atoms with Crippen LogP contribution in [0.15, 0.2) is 42.6 Å². The van der Waals surface area contributed by atoms with Crippen LogP contribution >= 0.6 is 22.9 Å². The van der Waals surface area contributed by atoms with Crippen LogP contribution in [-0.4, -0.2) is 44.2 Å². The highest BCUT2D eigenvalue weighted by atomic mass is 35.5. The van der Waals surface area contributed by atoms with E-state index in [-0.39, 0.29) is 5.69 Å². The first-order valence-electron chi connectivity index (χ1n) is 12.2. The number of piperidine rings is 1. The Morgan fingerprint density at radius 3 is 2.69 bits per heavy atom. The summed E-state index contributed by atoms with van der Waals surface area (Å²) in [5, 5.41) is 24.1. The van der Waals surface area contributed by atoms with Crippen LogP contribution < -0.4 is 10.2 Å². The highest BCUT2D eigenvalue weighted by molar-refractivity contribution is 7.19. The molecule has 0 bridgehead atoms. The van der Waals surface area contributed by atoms with Crippen LogP contribution in [0.3, 0.4) is 0 Å². The summed E-state index contributed by atoms with van der Waals surface area (Å²) >= 11 is 8.28. The molecule has 12 heteroatoms. The van der Waals surface area contributed by atoms with E-state index in [4.69, 9.17) is 16.6 Å². The fraction of sp³-hybridized carbons (Fsp3) is 0.222. The van der Waals surface area contributed by atoms with E-state index < -0.39 is 17.4 Å². The number of benzene rings is 2. The van der Waals surface area contributed by atoms with E-state index in [2.05, 4.69) is 26.3 Å². The van der Waals surface area contributed by atoms with Gasteiger partial charge in [-0.15, -0.1) is 11.3 Å². The number of amides is 1. The molecule has 2 aromatic carbocycles. The first kappa shape index (κ1) is 25.0. The number of nitrogens with zero attached hydrogens (tertiary/aromatic N) is 5. The summed E-state index contributed by atoms with van der Waals surface area (Å²) in [7, 11) is 0. The number of rotatable bonds is 4. The van der Waals surface area contributed by atoms with Gasteiger partial charge in [0.1, 0.15) is 17.5 Å². The Balaban J connectivity index is 1.35. The summed E-state index contributed by atoms with van der Waals surface area (Å²) in [6.07, 6.45) is 1.13. The quantitative estimate of drug-likeness (QED) is 0.246. The molecule has 0 saturated carbocycles. The minimum atomic E-state index is -1.22. The number of carboxylic acid groups (broad SMARTS) is 1. The molecular formula is C27H21ClFN7O2S. The highest BCUT2D eigenvalue weighted by Crippen LogP contribution is 2.41. The van der Waals surface area contributed by atoms with Crippen LogP contribution in [0.5, 0.6) is 0 Å². The molecule has 3 aromatic heterocycles. The van der Waals surface area contributed by atoms with E-state index in [1.54, 1.807) is 24.4 Å². The van der Waals surface area contributed by atoms with Crippen molar-refractivity contribution in [3.05, 3.63) is 69.7 Å². The van der Waals surface area contributed by atoms with Crippen molar-refractivity contribution >= 4 is 56.2 Å². The molecule has 0 atom stereocenters. The van der Waals surface area contributed by atoms with Gasteiger partial charge in [0, 0.05) is 36.0 Å². The van der Waals surface area contributed by atoms with Crippen LogP contribution in [0, 0.1) is 24.1 Å². The number of fused-ring (bicyclic) bond motifs is 2. The molecule has 6 rings (SSSR count). The Kier molecular flexibility index (Phi) is 6.09. The second-order valence-corrected chi connectivity index (χ2v) is 11.0. The average molecular weight is 562 g/mol. The molecule has 1 saturated heterocycles. The van der Waals surface area contributed by atoms with Gasteiger partial charge in [-0.25, -0.2) is 19.2 Å². The third-order valence-electron chi connectivity index (χ3n) is 7.16. The van der Waals surface area contributed by atoms with Crippen molar-refractivity contribution in [2.75, 3.05) is 18.0 Å². The van der Waals surface area contributed by atoms with Gasteiger partial charge in [0.05, 0.1) is 31.2 Å². The van der Waals surface area contributed by atoms with Crippen molar-refractivity contribution < 1.29 is 14.3 Å². The summed E-state index contributed by atoms with van der Waals surface area (Å²) in [5.41, 5.74) is 2.18. The molecular weight excluding hydrogens is 541 g/mol. The molecule has 0 radical (unpaired) electrons. The van der Waals surface area contributed by atoms with Crippen molar-refractivity contribution in [1.82, 2.24) is 25.3 Å². The standard InChI is InChI=1S/C27H21ClFN7O2S/c1-14-32-19-7-6-15(22(28)23(19)39-14)16-13-31-24-21(16)20(12-30)33-25(34-24)36-10-8-27(9-11-36,35-26(37)38)17-4-2-3-5-18(17)29/h2-7,13,35H,8-11H2,1H3,(H,37,38)(H,31,33,34). The maximum absolute atomic E-state index is 14.7. The Morgan fingerprint density at radius 2 is 1.97 bits per heavy atom. The highest BCUT2D eigenvalue weighted by Gasteiger charge is 2.40. The van der Waals surface area contributed by atoms with Crippen LogP contribution in [0.1, 0.15) is 29.1 Å². The first-order valence-corrected chi connectivity index (χ1v) is 13.4. The second-order valence-electron chi connectivity index (χ2n) is 9.40. The number of aromatic amines is 1. The first-order chi connectivity index (χ1) is 18.8. The lowest BCUT2D eigenvalue weighted by Gasteiger charge is -2.42. The molecule has 0 unspecified atom stereocenters. The Bertz CT molecular complexity index is 1800. The maximum atomic E-state index is 14.7. The smallest absolute Gasteiger partial charge is 0.405 e. The van der Waals surface area contributed by atoms with Crippen LogP contribution in [0.4, 0.5) is 15.1 Å². The van der Waals surface area contributed by atoms with Crippen molar-refractivity contribution in [2.24, 2.45) is 0 Å².